The fourth-order valence-electron chi connectivity index (χ4n) is 3.06. The number of carbonyl (C=O) groups is 2. The zero-order valence-corrected chi connectivity index (χ0v) is 20.7. The number of halogens is 1. The quantitative estimate of drug-likeness (QED) is 0.136. The van der Waals surface area contributed by atoms with Gasteiger partial charge in [0.05, 0.1) is 0 Å². The summed E-state index contributed by atoms with van der Waals surface area (Å²) in [7, 11) is 0. The molecule has 3 amide bonds. The summed E-state index contributed by atoms with van der Waals surface area (Å²) in [5, 5.41) is 2.04. The molecule has 0 radical (unpaired) electrons. The van der Waals surface area contributed by atoms with Gasteiger partial charge in [0.2, 0.25) is 5.91 Å². The Kier molecular flexibility index (Phi) is 39.5. The van der Waals surface area contributed by atoms with Crippen molar-refractivity contribution in [3.05, 3.63) is 0 Å². The van der Waals surface area contributed by atoms with Crippen LogP contribution in [0.15, 0.2) is 0 Å². The normalized spacial score (nSPS) is 10.2. The van der Waals surface area contributed by atoms with Crippen LogP contribution >= 0.6 is 15.9 Å². The monoisotopic (exact) mass is 542 g/mol. The van der Waals surface area contributed by atoms with E-state index in [9.17, 15) is 9.59 Å². The zero-order valence-electron chi connectivity index (χ0n) is 19.1. The van der Waals surface area contributed by atoms with Crippen LogP contribution < -0.4 is 11.1 Å². The van der Waals surface area contributed by atoms with Gasteiger partial charge in [-0.15, -0.1) is 0 Å². The van der Waals surface area contributed by atoms with E-state index in [1.165, 1.54) is 89.9 Å². The molecule has 0 aliphatic heterocycles. The second-order valence-electron chi connectivity index (χ2n) is 7.73. The second-order valence-corrected chi connectivity index (χ2v) is 9.25. The summed E-state index contributed by atoms with van der Waals surface area (Å²) in [5.74, 6) is -0.375. The van der Waals surface area contributed by atoms with Crippen LogP contribution in [0.2, 0.25) is 0 Å². The number of alkyl halides is 1. The average Bonchev–Trinajstić information content (AvgIpc) is 2.68. The third kappa shape index (κ3) is 26.9. The van der Waals surface area contributed by atoms with E-state index in [4.69, 9.17) is 5.73 Å². The average molecular weight is 544 g/mol. The first-order valence-electron chi connectivity index (χ1n) is 11.7. The van der Waals surface area contributed by atoms with Gasteiger partial charge in [-0.25, -0.2) is 4.79 Å². The van der Waals surface area contributed by atoms with E-state index in [2.05, 4.69) is 29.8 Å². The molecule has 0 aromatic rings. The first kappa shape index (κ1) is 39.9. The molecule has 30 heavy (non-hydrogen) atoms. The Morgan fingerprint density at radius 2 is 0.933 bits per heavy atom. The molecule has 0 aromatic heterocycles. The van der Waals surface area contributed by atoms with Gasteiger partial charge >= 0.3 is 109 Å². The van der Waals surface area contributed by atoms with Crippen LogP contribution in [0.25, 0.3) is 0 Å². The van der Waals surface area contributed by atoms with E-state index >= 15 is 0 Å². The fraction of sp³-hybridized carbons (Fsp3) is 0.913. The molecule has 4 nitrogen and oxygen atoms in total. The molecule has 0 rings (SSSR count). The molecule has 0 fully saturated rings. The summed E-state index contributed by atoms with van der Waals surface area (Å²) in [5.41, 5.74) is 4.81. The van der Waals surface area contributed by atoms with Gasteiger partial charge in [0.1, 0.15) is 4.32 Å². The number of hydrogen-bond donors (Lipinski definition) is 2. The van der Waals surface area contributed by atoms with Crippen molar-refractivity contribution in [3.63, 3.8) is 0 Å². The van der Waals surface area contributed by atoms with Crippen LogP contribution in [0, 0.1) is 0 Å². The molecule has 0 aliphatic carbocycles. The van der Waals surface area contributed by atoms with E-state index in [0.717, 1.165) is 0 Å². The number of primary amides is 1. The van der Waals surface area contributed by atoms with Gasteiger partial charge in [0.25, 0.3) is 0 Å². The SMILES string of the molecule is CCC(Br)(CC)C(=O)NC(N)=O.CCCCCCCCCCCCCCCC.[KH].[KH]. The van der Waals surface area contributed by atoms with E-state index in [1.807, 2.05) is 19.2 Å². The minimum atomic E-state index is -0.814. The van der Waals surface area contributed by atoms with Crippen molar-refractivity contribution in [1.82, 2.24) is 5.32 Å². The van der Waals surface area contributed by atoms with Crippen LogP contribution in [-0.2, 0) is 4.79 Å². The van der Waals surface area contributed by atoms with Gasteiger partial charge in [-0.05, 0) is 12.8 Å². The van der Waals surface area contributed by atoms with Gasteiger partial charge in [0, 0.05) is 0 Å². The third-order valence-electron chi connectivity index (χ3n) is 5.22. The van der Waals surface area contributed by atoms with Crippen LogP contribution in [0.5, 0.6) is 0 Å². The van der Waals surface area contributed by atoms with Crippen molar-refractivity contribution in [3.8, 4) is 0 Å². The summed E-state index contributed by atoms with van der Waals surface area (Å²) in [4.78, 5) is 21.6. The van der Waals surface area contributed by atoms with Crippen molar-refractivity contribution in [1.29, 1.82) is 0 Å². The first-order valence-corrected chi connectivity index (χ1v) is 12.5. The molecule has 0 heterocycles. The van der Waals surface area contributed by atoms with E-state index < -0.39 is 10.4 Å². The summed E-state index contributed by atoms with van der Waals surface area (Å²) in [6.45, 7) is 8.30. The summed E-state index contributed by atoms with van der Waals surface area (Å²) in [6, 6.07) is -0.814. The number of unbranched alkanes of at least 4 members (excludes halogenated alkanes) is 13. The van der Waals surface area contributed by atoms with E-state index in [1.54, 1.807) is 0 Å². The molecule has 3 N–H and O–H groups in total. The molecular weight excluding hydrogens is 494 g/mol. The van der Waals surface area contributed by atoms with Gasteiger partial charge in [0.15, 0.2) is 0 Å². The number of urea groups is 1. The number of carbonyl (C=O) groups excluding carboxylic acids is 2. The Hall–Kier alpha value is 2.69. The maximum absolute atomic E-state index is 11.3. The van der Waals surface area contributed by atoms with Crippen LogP contribution in [0.4, 0.5) is 4.79 Å². The van der Waals surface area contributed by atoms with Crippen molar-refractivity contribution in [2.45, 2.75) is 135 Å². The van der Waals surface area contributed by atoms with Gasteiger partial charge in [-0.3, -0.25) is 10.1 Å². The standard InChI is InChI=1S/C16H34.C7H13BrN2O2.2K.2H/c1-3-5-7-9-11-13-15-16-14-12-10-8-6-4-2;1-3-7(8,4-2)5(11)10-6(9)12;;;;/h3-16H2,1-2H3;3-4H2,1-2H3,(H3,9,10,11,12);;;;. The maximum atomic E-state index is 11.3. The van der Waals surface area contributed by atoms with Gasteiger partial charge in [-0.2, -0.15) is 0 Å². The van der Waals surface area contributed by atoms with E-state index in [-0.39, 0.29) is 109 Å². The summed E-state index contributed by atoms with van der Waals surface area (Å²) >= 11 is 3.26. The topological polar surface area (TPSA) is 72.2 Å². The molecule has 0 saturated heterocycles. The molecule has 0 unspecified atom stereocenters. The first-order chi connectivity index (χ1) is 13.4. The van der Waals surface area contributed by atoms with Crippen molar-refractivity contribution in [2.24, 2.45) is 5.73 Å². The molecule has 172 valence electrons. The molecule has 0 atom stereocenters. The second kappa shape index (κ2) is 29.7. The van der Waals surface area contributed by atoms with Crippen LogP contribution in [-0.4, -0.2) is 119 Å². The van der Waals surface area contributed by atoms with Gasteiger partial charge in [-0.1, -0.05) is 134 Å². The minimum absolute atomic E-state index is 0. The number of imide groups is 1. The molecule has 0 spiro atoms. The predicted molar refractivity (Wildman–Crippen MR) is 140 cm³/mol. The van der Waals surface area contributed by atoms with Crippen molar-refractivity contribution < 1.29 is 9.59 Å². The van der Waals surface area contributed by atoms with Gasteiger partial charge < -0.3 is 5.73 Å². The molecule has 7 heteroatoms. The molecule has 0 bridgehead atoms. The molecule has 0 aromatic carbocycles. The zero-order chi connectivity index (χ0) is 21.7. The fourth-order valence-corrected chi connectivity index (χ4v) is 3.16. The Morgan fingerprint density at radius 3 is 1.13 bits per heavy atom. The van der Waals surface area contributed by atoms with Crippen molar-refractivity contribution in [2.75, 3.05) is 0 Å². The Balaban J connectivity index is -0.000000219. The third-order valence-corrected chi connectivity index (χ3v) is 6.70. The number of nitrogens with one attached hydrogen (secondary N) is 1. The molecule has 0 aliphatic rings. The van der Waals surface area contributed by atoms with Crippen LogP contribution in [0.1, 0.15) is 130 Å². The predicted octanol–water partition coefficient (Wildman–Crippen LogP) is 6.33. The Labute approximate surface area is 281 Å². The molecular formula is C23H49BrK2N2O2. The number of amides is 3. The van der Waals surface area contributed by atoms with Crippen molar-refractivity contribution >= 4 is 131 Å². The number of hydrogen-bond acceptors (Lipinski definition) is 2. The summed E-state index contributed by atoms with van der Waals surface area (Å²) < 4.78 is -0.665. The van der Waals surface area contributed by atoms with E-state index in [0.29, 0.717) is 12.8 Å². The number of rotatable bonds is 16. The Bertz CT molecular complexity index is 368. The Morgan fingerprint density at radius 1 is 0.667 bits per heavy atom. The number of nitrogens with two attached hydrogens (primary N) is 1. The summed E-state index contributed by atoms with van der Waals surface area (Å²) in [6.07, 6.45) is 21.6. The molecule has 0 saturated carbocycles. The van der Waals surface area contributed by atoms with Crippen LogP contribution in [0.3, 0.4) is 0 Å².